The number of amides is 1. The lowest BCUT2D eigenvalue weighted by Gasteiger charge is -2.41. The summed E-state index contributed by atoms with van der Waals surface area (Å²) < 4.78 is 79.5. The van der Waals surface area contributed by atoms with Crippen LogP contribution < -0.4 is 19.3 Å². The highest BCUT2D eigenvalue weighted by molar-refractivity contribution is 7.95. The molecule has 0 radical (unpaired) electrons. The van der Waals surface area contributed by atoms with E-state index in [1.54, 1.807) is 18.2 Å². The molecule has 1 amide bonds. The number of piperidine rings is 1. The fourth-order valence-electron chi connectivity index (χ4n) is 7.38. The second-order valence-electron chi connectivity index (χ2n) is 12.6. The third-order valence-corrected chi connectivity index (χ3v) is 11.2. The summed E-state index contributed by atoms with van der Waals surface area (Å²) in [5, 5.41) is 11.5. The van der Waals surface area contributed by atoms with Gasteiger partial charge in [0.25, 0.3) is 10.0 Å². The fraction of sp³-hybridized carbons (Fsp3) is 0.353. The highest BCUT2D eigenvalue weighted by Gasteiger charge is 2.46. The van der Waals surface area contributed by atoms with Gasteiger partial charge in [0.15, 0.2) is 11.6 Å². The highest BCUT2D eigenvalue weighted by Crippen LogP contribution is 2.53. The second-order valence-corrected chi connectivity index (χ2v) is 14.4. The van der Waals surface area contributed by atoms with Crippen LogP contribution in [0.25, 0.3) is 0 Å². The van der Waals surface area contributed by atoms with Gasteiger partial charge in [-0.15, -0.1) is 10.2 Å². The maximum absolute atomic E-state index is 14.7. The zero-order valence-corrected chi connectivity index (χ0v) is 27.1. The van der Waals surface area contributed by atoms with Crippen LogP contribution in [-0.4, -0.2) is 55.7 Å². The van der Waals surface area contributed by atoms with Gasteiger partial charge in [-0.3, -0.25) is 9.10 Å². The minimum atomic E-state index is -3.70. The maximum atomic E-state index is 14.7. The van der Waals surface area contributed by atoms with Gasteiger partial charge in [0.05, 0.1) is 12.7 Å². The summed E-state index contributed by atoms with van der Waals surface area (Å²) in [6.45, 7) is 4.98. The van der Waals surface area contributed by atoms with E-state index in [9.17, 15) is 26.4 Å². The maximum Gasteiger partial charge on any atom is 0.257 e. The van der Waals surface area contributed by atoms with Gasteiger partial charge in [-0.25, -0.2) is 26.6 Å². The Hall–Kier alpha value is -4.92. The average molecular weight is 695 g/mol. The summed E-state index contributed by atoms with van der Waals surface area (Å²) >= 11 is 0. The second kappa shape index (κ2) is 12.8. The Labute approximate surface area is 280 Å². The molecule has 1 saturated heterocycles. The van der Waals surface area contributed by atoms with Crippen LogP contribution in [-0.2, 0) is 26.7 Å². The zero-order chi connectivity index (χ0) is 34.3. The lowest BCUT2D eigenvalue weighted by atomic mass is 9.73. The summed E-state index contributed by atoms with van der Waals surface area (Å²) in [7, 11) is -3.70. The first kappa shape index (κ1) is 32.6. The number of pyridine rings is 1. The van der Waals surface area contributed by atoms with E-state index in [2.05, 4.69) is 32.0 Å². The number of carbonyl (C=O) groups excluding carboxylic acids is 1. The van der Waals surface area contributed by atoms with Crippen LogP contribution in [0.5, 0.6) is 5.75 Å². The van der Waals surface area contributed by atoms with Gasteiger partial charge in [-0.2, -0.15) is 0 Å². The number of hydrogen-bond acceptors (Lipinski definition) is 9. The molecule has 1 spiro atoms. The number of fused-ring (bicyclic) bond motifs is 3. The van der Waals surface area contributed by atoms with E-state index in [0.717, 1.165) is 35.1 Å². The number of anilines is 2. The Morgan fingerprint density at radius 1 is 1.10 bits per heavy atom. The van der Waals surface area contributed by atoms with Gasteiger partial charge in [-0.05, 0) is 71.6 Å². The topological polar surface area (TPSA) is 131 Å². The van der Waals surface area contributed by atoms with E-state index in [0.29, 0.717) is 55.2 Å². The van der Waals surface area contributed by atoms with Crippen molar-refractivity contribution in [2.45, 2.75) is 49.5 Å². The fourth-order valence-corrected chi connectivity index (χ4v) is 8.30. The molecular formula is C34H33F3N6O5S. The molecule has 1 aliphatic carbocycles. The predicted octanol–water partition coefficient (Wildman–Crippen LogP) is 5.07. The summed E-state index contributed by atoms with van der Waals surface area (Å²) in [6, 6.07) is 9.24. The van der Waals surface area contributed by atoms with Crippen molar-refractivity contribution in [1.82, 2.24) is 20.5 Å². The molecule has 4 heterocycles. The Balaban J connectivity index is 1.06. The molecule has 49 heavy (non-hydrogen) atoms. The largest absolute Gasteiger partial charge is 0.489 e. The summed E-state index contributed by atoms with van der Waals surface area (Å²) in [4.78, 5) is 20.2. The van der Waals surface area contributed by atoms with Crippen molar-refractivity contribution < 1.29 is 35.5 Å². The van der Waals surface area contributed by atoms with Crippen LogP contribution in [0.2, 0.25) is 0 Å². The lowest BCUT2D eigenvalue weighted by molar-refractivity contribution is -0.122. The van der Waals surface area contributed by atoms with Crippen molar-refractivity contribution in [3.05, 3.63) is 107 Å². The number of aromatic nitrogens is 3. The first-order chi connectivity index (χ1) is 23.5. The summed E-state index contributed by atoms with van der Waals surface area (Å²) in [5.74, 6) is -1.61. The van der Waals surface area contributed by atoms with Gasteiger partial charge in [0.2, 0.25) is 18.2 Å². The third-order valence-electron chi connectivity index (χ3n) is 9.74. The van der Waals surface area contributed by atoms with Gasteiger partial charge in [0.1, 0.15) is 35.7 Å². The number of carbonyl (C=O) groups is 1. The number of sulfonamides is 1. The standard InChI is InChI=1S/C34H33F3N6O5S/c1-2-49(45,46)43-11-12-47-30-17-31(38-19-29(30)43)42-9-7-34(8-10-42)18-22(24-5-4-23(35)16-25(24)34)15-32(44)40-28(33-41-39-20-48-33)14-21-3-6-26(36)27(37)13-21/h2-6,13,16-17,19-20,22,28H,1,7-12,14-15,18H2,(H,40,44)/t22-,28-/m1/s1. The molecule has 3 aliphatic rings. The first-order valence-corrected chi connectivity index (χ1v) is 17.4. The van der Waals surface area contributed by atoms with E-state index >= 15 is 0 Å². The molecule has 256 valence electrons. The van der Waals surface area contributed by atoms with E-state index in [1.165, 1.54) is 22.6 Å². The molecule has 2 aromatic carbocycles. The van der Waals surface area contributed by atoms with Crippen LogP contribution in [0, 0.1) is 17.5 Å². The minimum Gasteiger partial charge on any atom is -0.489 e. The molecule has 0 bridgehead atoms. The van der Waals surface area contributed by atoms with Crippen molar-refractivity contribution in [2.24, 2.45) is 0 Å². The molecule has 0 saturated carbocycles. The lowest BCUT2D eigenvalue weighted by Crippen LogP contribution is -2.42. The molecule has 1 fully saturated rings. The highest BCUT2D eigenvalue weighted by atomic mass is 32.2. The van der Waals surface area contributed by atoms with Crippen LogP contribution in [0.3, 0.4) is 0 Å². The summed E-state index contributed by atoms with van der Waals surface area (Å²) in [6.07, 6.45) is 4.83. The van der Waals surface area contributed by atoms with E-state index < -0.39 is 27.7 Å². The Bertz CT molecular complexity index is 2000. The van der Waals surface area contributed by atoms with Crippen LogP contribution in [0.15, 0.2) is 71.5 Å². The SMILES string of the molecule is C=CS(=O)(=O)N1CCOc2cc(N3CCC4(CC3)C[C@@H](CC(=O)N[C@H](Cc3ccc(F)c(F)c3)c3nnco3)c3ccc(F)cc34)ncc21. The Morgan fingerprint density at radius 3 is 2.65 bits per heavy atom. The molecule has 15 heteroatoms. The molecule has 1 N–H and O–H groups in total. The van der Waals surface area contributed by atoms with Gasteiger partial charge in [-0.1, -0.05) is 18.7 Å². The number of nitrogens with zero attached hydrogens (tertiary/aromatic N) is 5. The Kier molecular flexibility index (Phi) is 8.55. The number of hydrogen-bond donors (Lipinski definition) is 1. The monoisotopic (exact) mass is 694 g/mol. The molecule has 2 aromatic heterocycles. The molecule has 11 nitrogen and oxygen atoms in total. The Morgan fingerprint density at radius 2 is 1.92 bits per heavy atom. The summed E-state index contributed by atoms with van der Waals surface area (Å²) in [5.41, 5.74) is 2.25. The molecule has 0 unspecified atom stereocenters. The van der Waals surface area contributed by atoms with Gasteiger partial charge >= 0.3 is 0 Å². The van der Waals surface area contributed by atoms with E-state index in [1.807, 2.05) is 0 Å². The first-order valence-electron chi connectivity index (χ1n) is 15.9. The van der Waals surface area contributed by atoms with Crippen LogP contribution in [0.1, 0.15) is 60.2 Å². The molecule has 2 aliphatic heterocycles. The number of benzene rings is 2. The van der Waals surface area contributed by atoms with Crippen molar-refractivity contribution in [1.29, 1.82) is 0 Å². The molecule has 7 rings (SSSR count). The number of nitrogens with one attached hydrogen (secondary N) is 1. The smallest absolute Gasteiger partial charge is 0.257 e. The molecule has 2 atom stereocenters. The predicted molar refractivity (Wildman–Crippen MR) is 173 cm³/mol. The molecular weight excluding hydrogens is 661 g/mol. The number of halogens is 3. The zero-order valence-electron chi connectivity index (χ0n) is 26.3. The normalized spacial score (nSPS) is 18.8. The number of rotatable bonds is 9. The quantitative estimate of drug-likeness (QED) is 0.255. The molecule has 4 aromatic rings. The van der Waals surface area contributed by atoms with E-state index in [-0.39, 0.29) is 54.9 Å². The van der Waals surface area contributed by atoms with Crippen LogP contribution >= 0.6 is 0 Å². The minimum absolute atomic E-state index is 0.0985. The average Bonchev–Trinajstić information content (AvgIpc) is 3.73. The van der Waals surface area contributed by atoms with E-state index in [4.69, 9.17) is 9.15 Å². The van der Waals surface area contributed by atoms with Gasteiger partial charge in [0, 0.05) is 37.4 Å². The van der Waals surface area contributed by atoms with Crippen molar-refractivity contribution in [3.8, 4) is 5.75 Å². The third kappa shape index (κ3) is 6.34. The van der Waals surface area contributed by atoms with Crippen LogP contribution in [0.4, 0.5) is 24.7 Å². The number of ether oxygens (including phenoxy) is 1. The van der Waals surface area contributed by atoms with Crippen molar-refractivity contribution >= 4 is 27.4 Å². The van der Waals surface area contributed by atoms with Gasteiger partial charge < -0.3 is 19.4 Å². The van der Waals surface area contributed by atoms with Crippen molar-refractivity contribution in [3.63, 3.8) is 0 Å². The van der Waals surface area contributed by atoms with Crippen molar-refractivity contribution in [2.75, 3.05) is 35.4 Å².